The second-order valence-electron chi connectivity index (χ2n) is 1.17. The maximum absolute atomic E-state index is 9.68. The third kappa shape index (κ3) is 5.21. The fourth-order valence-corrected chi connectivity index (χ4v) is 0.207. The summed E-state index contributed by atoms with van der Waals surface area (Å²) in [6, 6.07) is 0. The van der Waals surface area contributed by atoms with Gasteiger partial charge in [-0.3, -0.25) is 4.79 Å². The lowest BCUT2D eigenvalue weighted by Crippen LogP contribution is -1.90. The van der Waals surface area contributed by atoms with Crippen molar-refractivity contribution in [2.45, 2.75) is 12.8 Å². The second-order valence-corrected chi connectivity index (χ2v) is 1.17. The van der Waals surface area contributed by atoms with Gasteiger partial charge >= 0.3 is 5.97 Å². The molecule has 0 rings (SSSR count). The summed E-state index contributed by atoms with van der Waals surface area (Å²) >= 11 is 0. The van der Waals surface area contributed by atoms with Crippen LogP contribution in [0.15, 0.2) is 6.08 Å². The van der Waals surface area contributed by atoms with Crippen LogP contribution in [0.5, 0.6) is 0 Å². The minimum absolute atomic E-state index is 0.135. The van der Waals surface area contributed by atoms with E-state index in [2.05, 4.69) is 0 Å². The van der Waals surface area contributed by atoms with Gasteiger partial charge in [-0.1, -0.05) is 12.7 Å². The molecule has 0 aromatic carbocycles. The van der Waals surface area contributed by atoms with Gasteiger partial charge in [0.05, 0.1) is 0 Å². The average Bonchev–Trinajstić information content (AvgIpc) is 1.61. The molecule has 0 saturated heterocycles. The number of hydrogen-bond donors (Lipinski definition) is 1. The van der Waals surface area contributed by atoms with Gasteiger partial charge in [0.15, 0.2) is 0 Å². The molecule has 0 saturated carbocycles. The Kier molecular flexibility index (Phi) is 3.02. The quantitative estimate of drug-likeness (QED) is 0.569. The number of carboxylic acids is 1. The van der Waals surface area contributed by atoms with Crippen molar-refractivity contribution < 1.29 is 9.90 Å². The molecule has 1 N–H and O–H groups in total. The molecule has 0 aliphatic rings. The fourth-order valence-electron chi connectivity index (χ4n) is 0.207. The van der Waals surface area contributed by atoms with Gasteiger partial charge in [-0.25, -0.2) is 0 Å². The SMILES string of the molecule is [CH]=CCCC(=O)O. The number of allylic oxidation sites excluding steroid dienone is 1. The number of rotatable bonds is 3. The van der Waals surface area contributed by atoms with Gasteiger partial charge in [-0.2, -0.15) is 0 Å². The number of carboxylic acid groups (broad SMARTS) is 1. The van der Waals surface area contributed by atoms with Crippen LogP contribution in [-0.2, 0) is 4.79 Å². The molecule has 2 nitrogen and oxygen atoms in total. The highest BCUT2D eigenvalue weighted by Gasteiger charge is 1.89. The van der Waals surface area contributed by atoms with Crippen molar-refractivity contribution in [3.05, 3.63) is 12.7 Å². The summed E-state index contributed by atoms with van der Waals surface area (Å²) < 4.78 is 0. The van der Waals surface area contributed by atoms with Crippen molar-refractivity contribution in [1.29, 1.82) is 0 Å². The van der Waals surface area contributed by atoms with Crippen LogP contribution in [0.4, 0.5) is 0 Å². The number of carbonyl (C=O) groups is 1. The Morgan fingerprint density at radius 2 is 2.43 bits per heavy atom. The molecule has 39 valence electrons. The molecule has 0 aromatic heterocycles. The van der Waals surface area contributed by atoms with Gasteiger partial charge in [-0.15, -0.1) is 0 Å². The largest absolute Gasteiger partial charge is 0.481 e. The minimum Gasteiger partial charge on any atom is -0.481 e. The number of aliphatic carboxylic acids is 1. The van der Waals surface area contributed by atoms with Crippen LogP contribution in [0.2, 0.25) is 0 Å². The zero-order valence-electron chi connectivity index (χ0n) is 3.92. The lowest BCUT2D eigenvalue weighted by molar-refractivity contribution is -0.136. The standard InChI is InChI=1S/C5H7O2/c1-2-3-4-5(6)7/h1-2H,3-4H2,(H,6,7). The molecular formula is C5H7O2. The third-order valence-electron chi connectivity index (χ3n) is 0.525. The smallest absolute Gasteiger partial charge is 0.303 e. The zero-order chi connectivity index (χ0) is 5.70. The molecule has 0 atom stereocenters. The summed E-state index contributed by atoms with van der Waals surface area (Å²) in [7, 11) is 0. The summed E-state index contributed by atoms with van der Waals surface area (Å²) in [4.78, 5) is 9.68. The van der Waals surface area contributed by atoms with Crippen LogP contribution in [-0.4, -0.2) is 11.1 Å². The Hall–Kier alpha value is -0.790. The Labute approximate surface area is 42.5 Å². The fraction of sp³-hybridized carbons (Fsp3) is 0.400. The van der Waals surface area contributed by atoms with Crippen LogP contribution in [0, 0.1) is 6.58 Å². The van der Waals surface area contributed by atoms with Gasteiger partial charge in [0.2, 0.25) is 0 Å². The van der Waals surface area contributed by atoms with Gasteiger partial charge in [0.1, 0.15) is 0 Å². The van der Waals surface area contributed by atoms with E-state index in [1.807, 2.05) is 0 Å². The van der Waals surface area contributed by atoms with E-state index in [-0.39, 0.29) is 6.42 Å². The Bertz CT molecular complexity index is 76.1. The third-order valence-corrected chi connectivity index (χ3v) is 0.525. The summed E-state index contributed by atoms with van der Waals surface area (Å²) in [6.07, 6.45) is 1.93. The van der Waals surface area contributed by atoms with E-state index < -0.39 is 5.97 Å². The van der Waals surface area contributed by atoms with Crippen LogP contribution < -0.4 is 0 Å². The van der Waals surface area contributed by atoms with Crippen molar-refractivity contribution in [3.8, 4) is 0 Å². The first-order valence-corrected chi connectivity index (χ1v) is 2.02. The Balaban J connectivity index is 2.97. The summed E-state index contributed by atoms with van der Waals surface area (Å²) in [5.41, 5.74) is 0. The van der Waals surface area contributed by atoms with E-state index in [0.717, 1.165) is 0 Å². The van der Waals surface area contributed by atoms with Gasteiger partial charge in [0.25, 0.3) is 0 Å². The van der Waals surface area contributed by atoms with Crippen LogP contribution in [0.1, 0.15) is 12.8 Å². The van der Waals surface area contributed by atoms with Gasteiger partial charge in [-0.05, 0) is 6.42 Å². The van der Waals surface area contributed by atoms with Crippen LogP contribution in [0.3, 0.4) is 0 Å². The highest BCUT2D eigenvalue weighted by Crippen LogP contribution is 1.85. The molecule has 0 heterocycles. The van der Waals surface area contributed by atoms with E-state index in [1.54, 1.807) is 0 Å². The van der Waals surface area contributed by atoms with Crippen molar-refractivity contribution in [1.82, 2.24) is 0 Å². The van der Waals surface area contributed by atoms with Gasteiger partial charge in [0, 0.05) is 6.42 Å². The number of hydrogen-bond acceptors (Lipinski definition) is 1. The minimum atomic E-state index is -0.804. The first-order valence-electron chi connectivity index (χ1n) is 2.02. The zero-order valence-corrected chi connectivity index (χ0v) is 3.92. The molecule has 7 heavy (non-hydrogen) atoms. The Morgan fingerprint density at radius 1 is 1.86 bits per heavy atom. The van der Waals surface area contributed by atoms with Crippen molar-refractivity contribution in [2.24, 2.45) is 0 Å². The molecule has 0 spiro atoms. The van der Waals surface area contributed by atoms with E-state index in [1.165, 1.54) is 6.08 Å². The predicted octanol–water partition coefficient (Wildman–Crippen LogP) is 0.840. The topological polar surface area (TPSA) is 37.3 Å². The van der Waals surface area contributed by atoms with Gasteiger partial charge < -0.3 is 5.11 Å². The van der Waals surface area contributed by atoms with E-state index in [0.29, 0.717) is 6.42 Å². The lowest BCUT2D eigenvalue weighted by Gasteiger charge is -1.81. The Morgan fingerprint density at radius 3 is 2.57 bits per heavy atom. The maximum atomic E-state index is 9.68. The first-order chi connectivity index (χ1) is 3.27. The molecule has 0 unspecified atom stereocenters. The van der Waals surface area contributed by atoms with E-state index >= 15 is 0 Å². The highest BCUT2D eigenvalue weighted by molar-refractivity contribution is 5.66. The molecule has 0 bridgehead atoms. The maximum Gasteiger partial charge on any atom is 0.303 e. The van der Waals surface area contributed by atoms with Crippen LogP contribution >= 0.6 is 0 Å². The second kappa shape index (κ2) is 3.40. The summed E-state index contributed by atoms with van der Waals surface area (Å²) in [5, 5.41) is 7.97. The first kappa shape index (κ1) is 6.21. The molecule has 0 aliphatic carbocycles. The summed E-state index contributed by atoms with van der Waals surface area (Å²) in [6.45, 7) is 4.89. The van der Waals surface area contributed by atoms with Crippen molar-refractivity contribution in [3.63, 3.8) is 0 Å². The van der Waals surface area contributed by atoms with Crippen molar-refractivity contribution >= 4 is 5.97 Å². The average molecular weight is 99.1 g/mol. The molecule has 2 heteroatoms. The molecule has 0 amide bonds. The molecule has 0 fully saturated rings. The molecule has 0 aliphatic heterocycles. The molecule has 1 radical (unpaired) electrons. The van der Waals surface area contributed by atoms with Crippen LogP contribution in [0.25, 0.3) is 0 Å². The normalized spacial score (nSPS) is 8.00. The molecule has 0 aromatic rings. The monoisotopic (exact) mass is 99.0 g/mol. The highest BCUT2D eigenvalue weighted by atomic mass is 16.4. The van der Waals surface area contributed by atoms with E-state index in [9.17, 15) is 4.79 Å². The lowest BCUT2D eigenvalue weighted by atomic mass is 10.3. The molecular weight excluding hydrogens is 92.1 g/mol. The van der Waals surface area contributed by atoms with Crippen molar-refractivity contribution in [2.75, 3.05) is 0 Å². The van der Waals surface area contributed by atoms with E-state index in [4.69, 9.17) is 11.7 Å². The summed E-state index contributed by atoms with van der Waals surface area (Å²) in [5.74, 6) is -0.804. The predicted molar refractivity (Wildman–Crippen MR) is 25.7 cm³/mol.